The van der Waals surface area contributed by atoms with Gasteiger partial charge in [0.25, 0.3) is 0 Å². The number of morpholine rings is 1. The molecule has 0 aliphatic carbocycles. The number of hydrogen-bond donors (Lipinski definition) is 2. The Labute approximate surface area is 142 Å². The molecule has 0 bridgehead atoms. The molecular formula is C13H26IN3O4. The highest BCUT2D eigenvalue weighted by Crippen LogP contribution is 2.25. The molecule has 0 aromatic heterocycles. The SMILES string of the molecule is I.NC(=NCC1(OCCO)CCOCC1)N1CCOCC1. The van der Waals surface area contributed by atoms with Crippen LogP contribution >= 0.6 is 24.0 Å². The van der Waals surface area contributed by atoms with Gasteiger partial charge in [0.05, 0.1) is 38.6 Å². The van der Waals surface area contributed by atoms with Gasteiger partial charge in [-0.05, 0) is 0 Å². The largest absolute Gasteiger partial charge is 0.394 e. The van der Waals surface area contributed by atoms with Crippen molar-refractivity contribution in [2.24, 2.45) is 10.7 Å². The van der Waals surface area contributed by atoms with Crippen LogP contribution in [0.2, 0.25) is 0 Å². The predicted octanol–water partition coefficient (Wildman–Crippen LogP) is -0.191. The fourth-order valence-electron chi connectivity index (χ4n) is 2.47. The Morgan fingerprint density at radius 2 is 1.81 bits per heavy atom. The number of aliphatic imine (C=N–C) groups is 1. The summed E-state index contributed by atoms with van der Waals surface area (Å²) < 4.78 is 16.5. The van der Waals surface area contributed by atoms with E-state index < -0.39 is 0 Å². The summed E-state index contributed by atoms with van der Waals surface area (Å²) >= 11 is 0. The van der Waals surface area contributed by atoms with Crippen molar-refractivity contribution in [1.29, 1.82) is 0 Å². The molecule has 0 unspecified atom stereocenters. The quantitative estimate of drug-likeness (QED) is 0.368. The maximum Gasteiger partial charge on any atom is 0.191 e. The second-order valence-corrected chi connectivity index (χ2v) is 5.14. The number of aliphatic hydroxyl groups is 1. The monoisotopic (exact) mass is 415 g/mol. The third-order valence-corrected chi connectivity index (χ3v) is 3.77. The standard InChI is InChI=1S/C13H25N3O4.HI/c14-12(16-3-8-19-9-4-16)15-11-13(20-10-5-17)1-6-18-7-2-13;/h17H,1-11H2,(H2,14,15);1H. The second kappa shape index (κ2) is 9.78. The molecule has 2 saturated heterocycles. The summed E-state index contributed by atoms with van der Waals surface area (Å²) in [5, 5.41) is 8.95. The molecule has 2 rings (SSSR count). The molecule has 0 amide bonds. The van der Waals surface area contributed by atoms with Crippen LogP contribution in [0, 0.1) is 0 Å². The highest BCUT2D eigenvalue weighted by Gasteiger charge is 2.33. The van der Waals surface area contributed by atoms with Crippen LogP contribution in [-0.2, 0) is 14.2 Å². The topological polar surface area (TPSA) is 89.5 Å². The fourth-order valence-corrected chi connectivity index (χ4v) is 2.47. The Balaban J connectivity index is 0.00000220. The number of ether oxygens (including phenoxy) is 3. The Hall–Kier alpha value is -0.160. The van der Waals surface area contributed by atoms with Crippen molar-refractivity contribution in [1.82, 2.24) is 4.90 Å². The number of aliphatic hydroxyl groups excluding tert-OH is 1. The first-order valence-electron chi connectivity index (χ1n) is 7.21. The molecule has 0 aromatic rings. The van der Waals surface area contributed by atoms with Gasteiger partial charge in [-0.15, -0.1) is 24.0 Å². The molecule has 0 spiro atoms. The third-order valence-electron chi connectivity index (χ3n) is 3.77. The number of hydrogen-bond acceptors (Lipinski definition) is 5. The number of halogens is 1. The fraction of sp³-hybridized carbons (Fsp3) is 0.923. The van der Waals surface area contributed by atoms with E-state index in [2.05, 4.69) is 4.99 Å². The van der Waals surface area contributed by atoms with Gasteiger partial charge in [0, 0.05) is 39.1 Å². The molecule has 2 aliphatic heterocycles. The van der Waals surface area contributed by atoms with Crippen LogP contribution in [0.15, 0.2) is 4.99 Å². The van der Waals surface area contributed by atoms with Crippen molar-refractivity contribution in [3.63, 3.8) is 0 Å². The molecule has 3 N–H and O–H groups in total. The van der Waals surface area contributed by atoms with E-state index in [-0.39, 0.29) is 36.2 Å². The van der Waals surface area contributed by atoms with E-state index in [1.165, 1.54) is 0 Å². The average Bonchev–Trinajstić information content (AvgIpc) is 2.52. The first-order valence-corrected chi connectivity index (χ1v) is 7.21. The lowest BCUT2D eigenvalue weighted by Crippen LogP contribution is -2.47. The molecule has 8 heteroatoms. The molecule has 0 aromatic carbocycles. The lowest BCUT2D eigenvalue weighted by Gasteiger charge is -2.36. The van der Waals surface area contributed by atoms with Crippen molar-refractivity contribution in [3.05, 3.63) is 0 Å². The van der Waals surface area contributed by atoms with Crippen LogP contribution in [0.5, 0.6) is 0 Å². The zero-order valence-corrected chi connectivity index (χ0v) is 14.7. The van der Waals surface area contributed by atoms with E-state index in [0.29, 0.717) is 45.5 Å². The highest BCUT2D eigenvalue weighted by molar-refractivity contribution is 14.0. The van der Waals surface area contributed by atoms with Crippen molar-refractivity contribution in [3.8, 4) is 0 Å². The minimum Gasteiger partial charge on any atom is -0.394 e. The molecule has 0 radical (unpaired) electrons. The molecule has 0 saturated carbocycles. The van der Waals surface area contributed by atoms with E-state index in [0.717, 1.165) is 25.9 Å². The minimum absolute atomic E-state index is 0. The highest BCUT2D eigenvalue weighted by atomic mass is 127. The van der Waals surface area contributed by atoms with Crippen LogP contribution in [0.25, 0.3) is 0 Å². The molecular weight excluding hydrogens is 389 g/mol. The van der Waals surface area contributed by atoms with Crippen LogP contribution in [0.1, 0.15) is 12.8 Å². The molecule has 21 heavy (non-hydrogen) atoms. The Kier molecular flexibility index (Phi) is 8.79. The summed E-state index contributed by atoms with van der Waals surface area (Å²) in [7, 11) is 0. The van der Waals surface area contributed by atoms with E-state index in [9.17, 15) is 0 Å². The van der Waals surface area contributed by atoms with Gasteiger partial charge in [-0.1, -0.05) is 0 Å². The van der Waals surface area contributed by atoms with Gasteiger partial charge in [-0.2, -0.15) is 0 Å². The summed E-state index contributed by atoms with van der Waals surface area (Å²) in [4.78, 5) is 6.53. The van der Waals surface area contributed by atoms with E-state index in [1.807, 2.05) is 4.90 Å². The summed E-state index contributed by atoms with van der Waals surface area (Å²) in [6.45, 7) is 5.13. The van der Waals surface area contributed by atoms with Gasteiger partial charge < -0.3 is 30.0 Å². The number of nitrogens with two attached hydrogens (primary N) is 1. The van der Waals surface area contributed by atoms with Crippen molar-refractivity contribution in [2.45, 2.75) is 18.4 Å². The maximum atomic E-state index is 8.95. The Morgan fingerprint density at radius 1 is 1.19 bits per heavy atom. The average molecular weight is 415 g/mol. The molecule has 2 aliphatic rings. The summed E-state index contributed by atoms with van der Waals surface area (Å²) in [6.07, 6.45) is 1.57. The van der Waals surface area contributed by atoms with E-state index in [1.54, 1.807) is 0 Å². The summed E-state index contributed by atoms with van der Waals surface area (Å²) in [5.41, 5.74) is 5.69. The third kappa shape index (κ3) is 5.85. The molecule has 0 atom stereocenters. The first kappa shape index (κ1) is 18.9. The summed E-state index contributed by atoms with van der Waals surface area (Å²) in [5.74, 6) is 0.548. The predicted molar refractivity (Wildman–Crippen MR) is 90.1 cm³/mol. The van der Waals surface area contributed by atoms with Crippen LogP contribution in [0.4, 0.5) is 0 Å². The number of nitrogens with zero attached hydrogens (tertiary/aromatic N) is 2. The molecule has 2 fully saturated rings. The smallest absolute Gasteiger partial charge is 0.191 e. The van der Waals surface area contributed by atoms with Crippen LogP contribution in [0.3, 0.4) is 0 Å². The minimum atomic E-state index is -0.349. The van der Waals surface area contributed by atoms with Gasteiger partial charge in [0.1, 0.15) is 0 Å². The van der Waals surface area contributed by atoms with Gasteiger partial charge in [-0.3, -0.25) is 4.99 Å². The van der Waals surface area contributed by atoms with Crippen LogP contribution < -0.4 is 5.73 Å². The van der Waals surface area contributed by atoms with Gasteiger partial charge >= 0.3 is 0 Å². The molecule has 7 nitrogen and oxygen atoms in total. The Bertz CT molecular complexity index is 319. The second-order valence-electron chi connectivity index (χ2n) is 5.14. The first-order chi connectivity index (χ1) is 9.76. The van der Waals surface area contributed by atoms with Gasteiger partial charge in [0.2, 0.25) is 0 Å². The normalized spacial score (nSPS) is 22.7. The van der Waals surface area contributed by atoms with Gasteiger partial charge in [-0.25, -0.2) is 0 Å². The number of rotatable bonds is 5. The molecule has 2 heterocycles. The van der Waals surface area contributed by atoms with Crippen LogP contribution in [-0.4, -0.2) is 80.8 Å². The van der Waals surface area contributed by atoms with Gasteiger partial charge in [0.15, 0.2) is 5.96 Å². The van der Waals surface area contributed by atoms with Crippen molar-refractivity contribution >= 4 is 29.9 Å². The van der Waals surface area contributed by atoms with Crippen molar-refractivity contribution in [2.75, 3.05) is 59.3 Å². The zero-order chi connectivity index (χ0) is 14.3. The Morgan fingerprint density at radius 3 is 2.43 bits per heavy atom. The maximum absolute atomic E-state index is 8.95. The lowest BCUT2D eigenvalue weighted by atomic mass is 9.94. The van der Waals surface area contributed by atoms with E-state index >= 15 is 0 Å². The summed E-state index contributed by atoms with van der Waals surface area (Å²) in [6, 6.07) is 0. The van der Waals surface area contributed by atoms with E-state index in [4.69, 9.17) is 25.1 Å². The lowest BCUT2D eigenvalue weighted by molar-refractivity contribution is -0.111. The zero-order valence-electron chi connectivity index (χ0n) is 12.3. The molecule has 124 valence electrons. The number of guanidine groups is 1. The van der Waals surface area contributed by atoms with Crippen molar-refractivity contribution < 1.29 is 19.3 Å².